The second kappa shape index (κ2) is 10.3. The molecule has 3 heterocycles. The first-order valence-corrected chi connectivity index (χ1v) is 9.00. The predicted molar refractivity (Wildman–Crippen MR) is 107 cm³/mol. The molecule has 1 N–H and O–H groups in total. The van der Waals surface area contributed by atoms with Gasteiger partial charge in [-0.2, -0.15) is 0 Å². The highest BCUT2D eigenvalue weighted by Crippen LogP contribution is 2.31. The summed E-state index contributed by atoms with van der Waals surface area (Å²) in [6.45, 7) is 7.96. The Morgan fingerprint density at radius 1 is 1.29 bits per heavy atom. The van der Waals surface area contributed by atoms with E-state index >= 15 is 0 Å². The molecule has 5 nitrogen and oxygen atoms in total. The van der Waals surface area contributed by atoms with Gasteiger partial charge in [-0.05, 0) is 50.2 Å². The monoisotopic (exact) mass is 447 g/mol. The topological polar surface area (TPSA) is 50.0 Å². The minimum absolute atomic E-state index is 0. The van der Waals surface area contributed by atoms with Crippen LogP contribution in [0.3, 0.4) is 0 Å². The number of halogens is 1. The fraction of sp³-hybridized carbons (Fsp3) is 0.722. The fourth-order valence-electron chi connectivity index (χ4n) is 3.70. The van der Waals surface area contributed by atoms with Gasteiger partial charge in [0.2, 0.25) is 0 Å². The summed E-state index contributed by atoms with van der Waals surface area (Å²) in [5.74, 6) is 3.70. The first-order chi connectivity index (χ1) is 11.4. The van der Waals surface area contributed by atoms with Crippen molar-refractivity contribution in [1.82, 2.24) is 10.2 Å². The van der Waals surface area contributed by atoms with E-state index in [1.165, 1.54) is 19.3 Å². The minimum atomic E-state index is 0. The highest BCUT2D eigenvalue weighted by atomic mass is 127. The number of hydrogen-bond donors (Lipinski definition) is 1. The van der Waals surface area contributed by atoms with Crippen molar-refractivity contribution in [3.8, 4) is 0 Å². The Morgan fingerprint density at radius 3 is 2.83 bits per heavy atom. The number of rotatable bonds is 5. The molecular weight excluding hydrogens is 417 g/mol. The molecule has 0 aromatic carbocycles. The molecule has 0 radical (unpaired) electrons. The zero-order valence-corrected chi connectivity index (χ0v) is 16.9. The van der Waals surface area contributed by atoms with Crippen molar-refractivity contribution in [3.05, 3.63) is 24.2 Å². The predicted octanol–water partition coefficient (Wildman–Crippen LogP) is 3.15. The summed E-state index contributed by atoms with van der Waals surface area (Å²) >= 11 is 0. The van der Waals surface area contributed by atoms with E-state index in [2.05, 4.69) is 17.1 Å². The molecule has 0 spiro atoms. The van der Waals surface area contributed by atoms with Gasteiger partial charge >= 0.3 is 0 Å². The molecular formula is C18H30IN3O2. The second-order valence-electron chi connectivity index (χ2n) is 6.51. The molecule has 0 amide bonds. The molecule has 1 aromatic heterocycles. The first kappa shape index (κ1) is 19.6. The highest BCUT2D eigenvalue weighted by Gasteiger charge is 2.31. The van der Waals surface area contributed by atoms with Crippen LogP contribution in [-0.2, 0) is 11.2 Å². The highest BCUT2D eigenvalue weighted by molar-refractivity contribution is 14.0. The number of hydrogen-bond acceptors (Lipinski definition) is 3. The van der Waals surface area contributed by atoms with E-state index in [9.17, 15) is 0 Å². The molecule has 0 aliphatic carbocycles. The number of nitrogens with one attached hydrogen (secondary N) is 1. The van der Waals surface area contributed by atoms with Gasteiger partial charge in [-0.25, -0.2) is 0 Å². The lowest BCUT2D eigenvalue weighted by Crippen LogP contribution is -2.40. The van der Waals surface area contributed by atoms with Crippen LogP contribution in [0.4, 0.5) is 0 Å². The Hall–Kier alpha value is -0.760. The van der Waals surface area contributed by atoms with Crippen LogP contribution in [0.1, 0.15) is 31.9 Å². The Labute approximate surface area is 162 Å². The minimum Gasteiger partial charge on any atom is -0.469 e. The van der Waals surface area contributed by atoms with Crippen molar-refractivity contribution < 1.29 is 9.15 Å². The van der Waals surface area contributed by atoms with Crippen molar-refractivity contribution in [2.45, 2.75) is 32.6 Å². The summed E-state index contributed by atoms with van der Waals surface area (Å²) in [6.07, 6.45) is 6.32. The van der Waals surface area contributed by atoms with E-state index in [0.717, 1.165) is 69.4 Å². The number of nitrogens with zero attached hydrogens (tertiary/aromatic N) is 2. The molecule has 6 heteroatoms. The number of likely N-dealkylation sites (tertiary alicyclic amines) is 1. The molecule has 2 aliphatic heterocycles. The van der Waals surface area contributed by atoms with Gasteiger partial charge in [-0.1, -0.05) is 0 Å². The van der Waals surface area contributed by atoms with Gasteiger partial charge in [0.05, 0.1) is 6.26 Å². The first-order valence-electron chi connectivity index (χ1n) is 9.00. The molecule has 1 unspecified atom stereocenters. The molecule has 3 rings (SSSR count). The molecule has 1 atom stereocenters. The van der Waals surface area contributed by atoms with E-state index < -0.39 is 0 Å². The average molecular weight is 447 g/mol. The number of ether oxygens (including phenoxy) is 1. The summed E-state index contributed by atoms with van der Waals surface area (Å²) < 4.78 is 10.9. The Balaban J connectivity index is 0.00000208. The standard InChI is InChI=1S/C18H29N3O2.HI/c1-2-19-18(20-9-5-17-4-3-11-23-17)21-10-6-16(14-21)15-7-12-22-13-8-15;/h3-4,11,15-16H,2,5-10,12-14H2,1H3,(H,19,20);1H. The third-order valence-electron chi connectivity index (χ3n) is 4.99. The number of guanidine groups is 1. The summed E-state index contributed by atoms with van der Waals surface area (Å²) in [4.78, 5) is 7.23. The zero-order valence-electron chi connectivity index (χ0n) is 14.6. The molecule has 24 heavy (non-hydrogen) atoms. The van der Waals surface area contributed by atoms with E-state index in [1.54, 1.807) is 6.26 Å². The van der Waals surface area contributed by atoms with Crippen LogP contribution in [0.2, 0.25) is 0 Å². The van der Waals surface area contributed by atoms with E-state index in [0.29, 0.717) is 0 Å². The van der Waals surface area contributed by atoms with Gasteiger partial charge in [0.1, 0.15) is 5.76 Å². The lowest BCUT2D eigenvalue weighted by atomic mass is 9.85. The van der Waals surface area contributed by atoms with Crippen LogP contribution < -0.4 is 5.32 Å². The lowest BCUT2D eigenvalue weighted by Gasteiger charge is -2.28. The molecule has 2 fully saturated rings. The summed E-state index contributed by atoms with van der Waals surface area (Å²) in [6, 6.07) is 3.95. The maximum absolute atomic E-state index is 5.50. The molecule has 136 valence electrons. The Kier molecular flexibility index (Phi) is 8.38. The fourth-order valence-corrected chi connectivity index (χ4v) is 3.70. The summed E-state index contributed by atoms with van der Waals surface area (Å²) in [7, 11) is 0. The van der Waals surface area contributed by atoms with Crippen molar-refractivity contribution in [2.24, 2.45) is 16.8 Å². The Bertz CT molecular complexity index is 486. The maximum Gasteiger partial charge on any atom is 0.193 e. The Morgan fingerprint density at radius 2 is 2.12 bits per heavy atom. The second-order valence-corrected chi connectivity index (χ2v) is 6.51. The molecule has 2 saturated heterocycles. The van der Waals surface area contributed by atoms with Crippen LogP contribution in [0.15, 0.2) is 27.8 Å². The van der Waals surface area contributed by atoms with Gasteiger partial charge in [0.25, 0.3) is 0 Å². The van der Waals surface area contributed by atoms with Gasteiger partial charge in [-0.3, -0.25) is 4.99 Å². The van der Waals surface area contributed by atoms with E-state index in [4.69, 9.17) is 14.1 Å². The largest absolute Gasteiger partial charge is 0.469 e. The van der Waals surface area contributed by atoms with Crippen LogP contribution in [-0.4, -0.2) is 50.3 Å². The summed E-state index contributed by atoms with van der Waals surface area (Å²) in [5.41, 5.74) is 0. The van der Waals surface area contributed by atoms with Crippen molar-refractivity contribution in [3.63, 3.8) is 0 Å². The van der Waals surface area contributed by atoms with E-state index in [-0.39, 0.29) is 24.0 Å². The molecule has 2 aliphatic rings. The molecule has 0 bridgehead atoms. The quantitative estimate of drug-likeness (QED) is 0.428. The summed E-state index contributed by atoms with van der Waals surface area (Å²) in [5, 5.41) is 3.45. The molecule has 0 saturated carbocycles. The van der Waals surface area contributed by atoms with Gasteiger partial charge in [0, 0.05) is 45.8 Å². The third kappa shape index (κ3) is 5.37. The van der Waals surface area contributed by atoms with E-state index in [1.807, 2.05) is 12.1 Å². The van der Waals surface area contributed by atoms with Crippen molar-refractivity contribution in [2.75, 3.05) is 39.4 Å². The lowest BCUT2D eigenvalue weighted by molar-refractivity contribution is 0.0488. The zero-order chi connectivity index (χ0) is 15.9. The van der Waals surface area contributed by atoms with Crippen LogP contribution >= 0.6 is 24.0 Å². The average Bonchev–Trinajstić information content (AvgIpc) is 3.27. The van der Waals surface area contributed by atoms with Crippen LogP contribution in [0.25, 0.3) is 0 Å². The smallest absolute Gasteiger partial charge is 0.193 e. The number of furan rings is 1. The van der Waals surface area contributed by atoms with Gasteiger partial charge in [-0.15, -0.1) is 24.0 Å². The van der Waals surface area contributed by atoms with Crippen LogP contribution in [0.5, 0.6) is 0 Å². The van der Waals surface area contributed by atoms with Crippen LogP contribution in [0, 0.1) is 11.8 Å². The van der Waals surface area contributed by atoms with Gasteiger partial charge < -0.3 is 19.4 Å². The molecule has 1 aromatic rings. The third-order valence-corrected chi connectivity index (χ3v) is 4.99. The van der Waals surface area contributed by atoms with Crippen molar-refractivity contribution in [1.29, 1.82) is 0 Å². The maximum atomic E-state index is 5.50. The van der Waals surface area contributed by atoms with Gasteiger partial charge in [0.15, 0.2) is 5.96 Å². The normalized spacial score (nSPS) is 22.5. The number of aliphatic imine (C=N–C) groups is 1. The SMILES string of the molecule is CCNC(=NCCc1ccco1)N1CCC(C2CCOCC2)C1.I. The van der Waals surface area contributed by atoms with Crippen molar-refractivity contribution >= 4 is 29.9 Å².